The number of hydrogen-bond acceptors (Lipinski definition) is 3. The first kappa shape index (κ1) is 18.8. The lowest BCUT2D eigenvalue weighted by molar-refractivity contribution is 0.0954. The molecule has 0 saturated heterocycles. The van der Waals surface area contributed by atoms with Crippen molar-refractivity contribution >= 4 is 16.7 Å². The summed E-state index contributed by atoms with van der Waals surface area (Å²) in [6.07, 6.45) is 0.728. The maximum absolute atomic E-state index is 12.4. The van der Waals surface area contributed by atoms with Gasteiger partial charge in [-0.05, 0) is 60.9 Å². The molecule has 0 atom stereocenters. The van der Waals surface area contributed by atoms with E-state index in [9.17, 15) is 4.79 Å². The topological polar surface area (TPSA) is 47.6 Å². The van der Waals surface area contributed by atoms with Crippen molar-refractivity contribution in [2.24, 2.45) is 0 Å². The van der Waals surface area contributed by atoms with E-state index in [4.69, 9.17) is 9.47 Å². The molecule has 0 aromatic heterocycles. The van der Waals surface area contributed by atoms with Gasteiger partial charge in [0.05, 0.1) is 13.2 Å². The Hall–Kier alpha value is -3.01. The van der Waals surface area contributed by atoms with Gasteiger partial charge < -0.3 is 14.8 Å². The number of fused-ring (bicyclic) bond motifs is 1. The van der Waals surface area contributed by atoms with Gasteiger partial charge in [0.15, 0.2) is 11.5 Å². The predicted octanol–water partition coefficient (Wildman–Crippen LogP) is 4.61. The van der Waals surface area contributed by atoms with Gasteiger partial charge in [-0.25, -0.2) is 0 Å². The Morgan fingerprint density at radius 3 is 2.37 bits per heavy atom. The molecule has 0 saturated carbocycles. The van der Waals surface area contributed by atoms with Crippen LogP contribution < -0.4 is 14.8 Å². The number of benzene rings is 3. The van der Waals surface area contributed by atoms with Gasteiger partial charge in [0, 0.05) is 12.1 Å². The standard InChI is InChI=1S/C23H25NO3/c1-3-26-21-12-9-17(15-22(21)27-4-2)13-14-24-23(25)20-11-10-18-7-5-6-8-19(18)16-20/h5-12,15-16H,3-4,13-14H2,1-2H3,(H,24,25). The highest BCUT2D eigenvalue weighted by atomic mass is 16.5. The van der Waals surface area contributed by atoms with Gasteiger partial charge in [0.2, 0.25) is 0 Å². The second kappa shape index (κ2) is 9.08. The van der Waals surface area contributed by atoms with Crippen molar-refractivity contribution in [3.05, 3.63) is 71.8 Å². The fourth-order valence-electron chi connectivity index (χ4n) is 3.00. The summed E-state index contributed by atoms with van der Waals surface area (Å²) in [6, 6.07) is 19.7. The summed E-state index contributed by atoms with van der Waals surface area (Å²) >= 11 is 0. The molecule has 1 N–H and O–H groups in total. The SMILES string of the molecule is CCOc1ccc(CCNC(=O)c2ccc3ccccc3c2)cc1OCC. The molecule has 0 aliphatic heterocycles. The van der Waals surface area contributed by atoms with Crippen LogP contribution in [0, 0.1) is 0 Å². The molecule has 0 unspecified atom stereocenters. The van der Waals surface area contributed by atoms with Gasteiger partial charge in [-0.2, -0.15) is 0 Å². The van der Waals surface area contributed by atoms with Crippen molar-refractivity contribution in [2.45, 2.75) is 20.3 Å². The number of carbonyl (C=O) groups is 1. The molecule has 0 aliphatic carbocycles. The largest absolute Gasteiger partial charge is 0.490 e. The van der Waals surface area contributed by atoms with Gasteiger partial charge in [-0.15, -0.1) is 0 Å². The van der Waals surface area contributed by atoms with Crippen molar-refractivity contribution in [3.8, 4) is 11.5 Å². The zero-order chi connectivity index (χ0) is 19.1. The summed E-state index contributed by atoms with van der Waals surface area (Å²) < 4.78 is 11.2. The van der Waals surface area contributed by atoms with E-state index < -0.39 is 0 Å². The Bertz CT molecular complexity index is 920. The Balaban J connectivity index is 1.61. The zero-order valence-corrected chi connectivity index (χ0v) is 15.8. The summed E-state index contributed by atoms with van der Waals surface area (Å²) in [7, 11) is 0. The van der Waals surface area contributed by atoms with Gasteiger partial charge >= 0.3 is 0 Å². The fraction of sp³-hybridized carbons (Fsp3) is 0.261. The molecule has 0 fully saturated rings. The number of amides is 1. The third-order valence-electron chi connectivity index (χ3n) is 4.32. The lowest BCUT2D eigenvalue weighted by atomic mass is 10.1. The van der Waals surface area contributed by atoms with Crippen LogP contribution in [-0.2, 0) is 6.42 Å². The third kappa shape index (κ3) is 4.79. The smallest absolute Gasteiger partial charge is 0.251 e. The first-order chi connectivity index (χ1) is 13.2. The first-order valence-corrected chi connectivity index (χ1v) is 9.36. The van der Waals surface area contributed by atoms with E-state index in [-0.39, 0.29) is 5.91 Å². The van der Waals surface area contributed by atoms with E-state index in [1.807, 2.05) is 74.5 Å². The summed E-state index contributed by atoms with van der Waals surface area (Å²) in [6.45, 7) is 5.65. The van der Waals surface area contributed by atoms with Crippen molar-refractivity contribution in [1.82, 2.24) is 5.32 Å². The normalized spacial score (nSPS) is 10.6. The average Bonchev–Trinajstić information content (AvgIpc) is 2.69. The minimum atomic E-state index is -0.0586. The first-order valence-electron chi connectivity index (χ1n) is 9.36. The third-order valence-corrected chi connectivity index (χ3v) is 4.32. The summed E-state index contributed by atoms with van der Waals surface area (Å²) in [5, 5.41) is 5.19. The molecule has 140 valence electrons. The van der Waals surface area contributed by atoms with E-state index in [1.165, 1.54) is 0 Å². The number of nitrogens with one attached hydrogen (secondary N) is 1. The second-order valence-corrected chi connectivity index (χ2v) is 6.21. The van der Waals surface area contributed by atoms with E-state index in [0.29, 0.717) is 25.3 Å². The number of carbonyl (C=O) groups excluding carboxylic acids is 1. The van der Waals surface area contributed by atoms with Gasteiger partial charge in [0.1, 0.15) is 0 Å². The highest BCUT2D eigenvalue weighted by Gasteiger charge is 2.08. The maximum atomic E-state index is 12.4. The molecule has 1 amide bonds. The molecule has 0 bridgehead atoms. The quantitative estimate of drug-likeness (QED) is 0.636. The Morgan fingerprint density at radius 2 is 1.59 bits per heavy atom. The molecule has 27 heavy (non-hydrogen) atoms. The van der Waals surface area contributed by atoms with Crippen LogP contribution in [0.25, 0.3) is 10.8 Å². The molecule has 4 nitrogen and oxygen atoms in total. The fourth-order valence-corrected chi connectivity index (χ4v) is 3.00. The molecule has 4 heteroatoms. The Labute approximate surface area is 160 Å². The second-order valence-electron chi connectivity index (χ2n) is 6.21. The number of hydrogen-bond donors (Lipinski definition) is 1. The highest BCUT2D eigenvalue weighted by molar-refractivity contribution is 5.98. The van der Waals surface area contributed by atoms with Gasteiger partial charge in [0.25, 0.3) is 5.91 Å². The predicted molar refractivity (Wildman–Crippen MR) is 109 cm³/mol. The molecular formula is C23H25NO3. The van der Waals surface area contributed by atoms with Crippen LogP contribution in [-0.4, -0.2) is 25.7 Å². The molecule has 3 rings (SSSR count). The molecule has 3 aromatic carbocycles. The van der Waals surface area contributed by atoms with Gasteiger partial charge in [-0.3, -0.25) is 4.79 Å². The van der Waals surface area contributed by atoms with Crippen LogP contribution in [0.15, 0.2) is 60.7 Å². The van der Waals surface area contributed by atoms with Crippen molar-refractivity contribution in [2.75, 3.05) is 19.8 Å². The lowest BCUT2D eigenvalue weighted by Gasteiger charge is -2.12. The van der Waals surface area contributed by atoms with Crippen LogP contribution in [0.5, 0.6) is 11.5 Å². The van der Waals surface area contributed by atoms with Crippen LogP contribution >= 0.6 is 0 Å². The molecule has 0 aliphatic rings. The van der Waals surface area contributed by atoms with Crippen LogP contribution in [0.1, 0.15) is 29.8 Å². The minimum Gasteiger partial charge on any atom is -0.490 e. The van der Waals surface area contributed by atoms with Gasteiger partial charge in [-0.1, -0.05) is 36.4 Å². The molecule has 0 spiro atoms. The number of ether oxygens (including phenoxy) is 2. The van der Waals surface area contributed by atoms with Crippen molar-refractivity contribution in [3.63, 3.8) is 0 Å². The Morgan fingerprint density at radius 1 is 0.852 bits per heavy atom. The Kier molecular flexibility index (Phi) is 6.31. The summed E-state index contributed by atoms with van der Waals surface area (Å²) in [4.78, 5) is 12.4. The van der Waals surface area contributed by atoms with Crippen molar-refractivity contribution in [1.29, 1.82) is 0 Å². The molecule has 0 radical (unpaired) electrons. The van der Waals surface area contributed by atoms with Crippen LogP contribution in [0.2, 0.25) is 0 Å². The number of rotatable bonds is 8. The van der Waals surface area contributed by atoms with Crippen LogP contribution in [0.3, 0.4) is 0 Å². The van der Waals surface area contributed by atoms with E-state index >= 15 is 0 Å². The highest BCUT2D eigenvalue weighted by Crippen LogP contribution is 2.28. The average molecular weight is 363 g/mol. The molecular weight excluding hydrogens is 338 g/mol. The summed E-state index contributed by atoms with van der Waals surface area (Å²) in [5.41, 5.74) is 1.77. The molecule has 0 heterocycles. The van der Waals surface area contributed by atoms with Crippen LogP contribution in [0.4, 0.5) is 0 Å². The maximum Gasteiger partial charge on any atom is 0.251 e. The van der Waals surface area contributed by atoms with E-state index in [0.717, 1.165) is 34.3 Å². The lowest BCUT2D eigenvalue weighted by Crippen LogP contribution is -2.25. The minimum absolute atomic E-state index is 0.0586. The summed E-state index contributed by atoms with van der Waals surface area (Å²) in [5.74, 6) is 1.44. The van der Waals surface area contributed by atoms with Crippen molar-refractivity contribution < 1.29 is 14.3 Å². The zero-order valence-electron chi connectivity index (χ0n) is 15.8. The van der Waals surface area contributed by atoms with E-state index in [1.54, 1.807) is 0 Å². The van der Waals surface area contributed by atoms with E-state index in [2.05, 4.69) is 5.32 Å². The molecule has 3 aromatic rings. The monoisotopic (exact) mass is 363 g/mol.